The number of aryl methyl sites for hydroxylation is 1. The Morgan fingerprint density at radius 1 is 1.33 bits per heavy atom. The summed E-state index contributed by atoms with van der Waals surface area (Å²) in [5.41, 5.74) is 1.70. The van der Waals surface area contributed by atoms with Gasteiger partial charge < -0.3 is 4.74 Å². The fourth-order valence-corrected chi connectivity index (χ4v) is 4.95. The van der Waals surface area contributed by atoms with Crippen LogP contribution in [0.1, 0.15) is 42.8 Å². The largest absolute Gasteiger partial charge is 0.377 e. The molecule has 2 heterocycles. The van der Waals surface area contributed by atoms with E-state index < -0.39 is 15.8 Å². The average Bonchev–Trinajstić information content (AvgIpc) is 2.67. The normalized spacial score (nSPS) is 18.6. The predicted octanol–water partition coefficient (Wildman–Crippen LogP) is 3.03. The zero-order valence-electron chi connectivity index (χ0n) is 15.6. The van der Waals surface area contributed by atoms with Crippen molar-refractivity contribution in [3.63, 3.8) is 0 Å². The molecule has 0 radical (unpaired) electrons. The van der Waals surface area contributed by atoms with Gasteiger partial charge in [-0.3, -0.25) is 0 Å². The molecule has 1 saturated heterocycles. The summed E-state index contributed by atoms with van der Waals surface area (Å²) < 4.78 is 46.8. The van der Waals surface area contributed by atoms with Crippen LogP contribution >= 0.6 is 0 Å². The van der Waals surface area contributed by atoms with Crippen LogP contribution in [0.25, 0.3) is 0 Å². The van der Waals surface area contributed by atoms with Crippen LogP contribution in [-0.4, -0.2) is 42.4 Å². The molecule has 0 N–H and O–H groups in total. The van der Waals surface area contributed by atoms with E-state index in [0.717, 1.165) is 17.7 Å². The molecule has 1 aliphatic heterocycles. The molecule has 1 unspecified atom stereocenters. The second-order valence-electron chi connectivity index (χ2n) is 6.60. The van der Waals surface area contributed by atoms with E-state index in [1.807, 2.05) is 13.8 Å². The molecule has 0 spiro atoms. The maximum absolute atomic E-state index is 14.1. The zero-order valence-corrected chi connectivity index (χ0v) is 16.4. The Balaban J connectivity index is 1.89. The highest BCUT2D eigenvalue weighted by Crippen LogP contribution is 2.31. The highest BCUT2D eigenvalue weighted by Gasteiger charge is 2.33. The Morgan fingerprint density at radius 3 is 2.85 bits per heavy atom. The summed E-state index contributed by atoms with van der Waals surface area (Å²) in [6.45, 7) is 5.33. The van der Waals surface area contributed by atoms with E-state index in [1.165, 1.54) is 28.6 Å². The lowest BCUT2D eigenvalue weighted by molar-refractivity contribution is 0.132. The van der Waals surface area contributed by atoms with E-state index in [9.17, 15) is 12.8 Å². The van der Waals surface area contributed by atoms with Gasteiger partial charge in [0.25, 0.3) is 0 Å². The molecule has 1 aliphatic rings. The standard InChI is InChI=1S/C19H24FN3O3S/c1-3-26-13-16-11-21-14(2)22-19(16)15-7-6-10-23(12-15)27(24,25)18-9-5-4-8-17(18)20/h4-5,8-9,11,15H,3,6-7,10,12-13H2,1-2H3. The van der Waals surface area contributed by atoms with E-state index in [0.29, 0.717) is 32.0 Å². The van der Waals surface area contributed by atoms with E-state index >= 15 is 0 Å². The zero-order chi connectivity index (χ0) is 19.4. The van der Waals surface area contributed by atoms with Crippen LogP contribution in [0.15, 0.2) is 35.4 Å². The van der Waals surface area contributed by atoms with Crippen LogP contribution in [0.2, 0.25) is 0 Å². The number of nitrogens with zero attached hydrogens (tertiary/aromatic N) is 3. The van der Waals surface area contributed by atoms with Crippen LogP contribution in [0.4, 0.5) is 4.39 Å². The van der Waals surface area contributed by atoms with Crippen molar-refractivity contribution in [2.45, 2.75) is 44.1 Å². The lowest BCUT2D eigenvalue weighted by atomic mass is 9.93. The number of benzene rings is 1. The Morgan fingerprint density at radius 2 is 2.11 bits per heavy atom. The molecule has 146 valence electrons. The molecular formula is C19H24FN3O3S. The molecule has 2 aromatic rings. The lowest BCUT2D eigenvalue weighted by Gasteiger charge is -2.32. The van der Waals surface area contributed by atoms with Crippen LogP contribution < -0.4 is 0 Å². The summed E-state index contributed by atoms with van der Waals surface area (Å²) >= 11 is 0. The third kappa shape index (κ3) is 4.34. The molecule has 8 heteroatoms. The average molecular weight is 393 g/mol. The minimum Gasteiger partial charge on any atom is -0.377 e. The second kappa shape index (κ2) is 8.41. The first-order valence-electron chi connectivity index (χ1n) is 9.08. The van der Waals surface area contributed by atoms with Gasteiger partial charge in [-0.1, -0.05) is 12.1 Å². The van der Waals surface area contributed by atoms with Crippen molar-refractivity contribution < 1.29 is 17.5 Å². The van der Waals surface area contributed by atoms with Gasteiger partial charge in [-0.2, -0.15) is 4.31 Å². The van der Waals surface area contributed by atoms with E-state index in [2.05, 4.69) is 9.97 Å². The Kier molecular flexibility index (Phi) is 6.18. The maximum atomic E-state index is 14.1. The van der Waals surface area contributed by atoms with Crippen LogP contribution in [0, 0.1) is 12.7 Å². The molecule has 0 bridgehead atoms. The molecule has 0 saturated carbocycles. The fourth-order valence-electron chi connectivity index (χ4n) is 3.37. The van der Waals surface area contributed by atoms with Gasteiger partial charge >= 0.3 is 0 Å². The Hall–Kier alpha value is -1.90. The smallest absolute Gasteiger partial charge is 0.246 e. The number of piperidine rings is 1. The fraction of sp³-hybridized carbons (Fsp3) is 0.474. The number of rotatable bonds is 6. The van der Waals surface area contributed by atoms with Crippen molar-refractivity contribution in [1.29, 1.82) is 0 Å². The molecule has 1 atom stereocenters. The first-order valence-corrected chi connectivity index (χ1v) is 10.5. The summed E-state index contributed by atoms with van der Waals surface area (Å²) in [4.78, 5) is 8.53. The number of hydrogen-bond acceptors (Lipinski definition) is 5. The summed E-state index contributed by atoms with van der Waals surface area (Å²) in [5, 5.41) is 0. The third-order valence-electron chi connectivity index (χ3n) is 4.71. The van der Waals surface area contributed by atoms with Crippen molar-refractivity contribution in [2.24, 2.45) is 0 Å². The number of sulfonamides is 1. The molecule has 1 aromatic carbocycles. The van der Waals surface area contributed by atoms with E-state index in [4.69, 9.17) is 4.74 Å². The summed E-state index contributed by atoms with van der Waals surface area (Å²) in [6, 6.07) is 5.49. The predicted molar refractivity (Wildman–Crippen MR) is 99.2 cm³/mol. The maximum Gasteiger partial charge on any atom is 0.246 e. The van der Waals surface area contributed by atoms with E-state index in [-0.39, 0.29) is 17.4 Å². The van der Waals surface area contributed by atoms with Crippen molar-refractivity contribution >= 4 is 10.0 Å². The monoisotopic (exact) mass is 393 g/mol. The summed E-state index contributed by atoms with van der Waals surface area (Å²) in [7, 11) is -3.89. The Labute approximate surface area is 159 Å². The van der Waals surface area contributed by atoms with Crippen LogP contribution in [0.5, 0.6) is 0 Å². The van der Waals surface area contributed by atoms with Gasteiger partial charge in [0.1, 0.15) is 16.5 Å². The topological polar surface area (TPSA) is 72.4 Å². The second-order valence-corrected chi connectivity index (χ2v) is 8.50. The number of hydrogen-bond donors (Lipinski definition) is 0. The quantitative estimate of drug-likeness (QED) is 0.754. The highest BCUT2D eigenvalue weighted by molar-refractivity contribution is 7.89. The van der Waals surface area contributed by atoms with Crippen molar-refractivity contribution in [3.8, 4) is 0 Å². The van der Waals surface area contributed by atoms with Crippen molar-refractivity contribution in [2.75, 3.05) is 19.7 Å². The summed E-state index contributed by atoms with van der Waals surface area (Å²) in [6.07, 6.45) is 3.26. The molecule has 6 nitrogen and oxygen atoms in total. The van der Waals surface area contributed by atoms with Gasteiger partial charge in [-0.05, 0) is 38.8 Å². The molecule has 0 aliphatic carbocycles. The molecule has 27 heavy (non-hydrogen) atoms. The number of ether oxygens (including phenoxy) is 1. The molecule has 1 aromatic heterocycles. The minimum absolute atomic E-state index is 0.0718. The lowest BCUT2D eigenvalue weighted by Crippen LogP contribution is -2.40. The van der Waals surface area contributed by atoms with Gasteiger partial charge in [0.2, 0.25) is 10.0 Å². The molecule has 1 fully saturated rings. The Bertz CT molecular complexity index is 905. The number of aromatic nitrogens is 2. The van der Waals surface area contributed by atoms with Crippen molar-refractivity contribution in [1.82, 2.24) is 14.3 Å². The highest BCUT2D eigenvalue weighted by atomic mass is 32.2. The van der Waals surface area contributed by atoms with E-state index in [1.54, 1.807) is 6.20 Å². The van der Waals surface area contributed by atoms with Crippen LogP contribution in [0.3, 0.4) is 0 Å². The van der Waals surface area contributed by atoms with Gasteiger partial charge in [-0.15, -0.1) is 0 Å². The summed E-state index contributed by atoms with van der Waals surface area (Å²) in [5.74, 6) is -0.161. The molecule has 3 rings (SSSR count). The minimum atomic E-state index is -3.89. The molecule has 0 amide bonds. The van der Waals surface area contributed by atoms with Gasteiger partial charge in [0, 0.05) is 37.4 Å². The third-order valence-corrected chi connectivity index (χ3v) is 6.60. The van der Waals surface area contributed by atoms with Gasteiger partial charge in [-0.25, -0.2) is 22.8 Å². The number of halogens is 1. The molecular weight excluding hydrogens is 369 g/mol. The van der Waals surface area contributed by atoms with Crippen LogP contribution in [-0.2, 0) is 21.4 Å². The first kappa shape index (κ1) is 19.9. The van der Waals surface area contributed by atoms with Gasteiger partial charge in [0.05, 0.1) is 12.3 Å². The van der Waals surface area contributed by atoms with Crippen molar-refractivity contribution in [3.05, 3.63) is 53.4 Å². The van der Waals surface area contributed by atoms with Gasteiger partial charge in [0.15, 0.2) is 0 Å². The SMILES string of the molecule is CCOCc1cnc(C)nc1C1CCCN(S(=O)(=O)c2ccccc2F)C1. The first-order chi connectivity index (χ1) is 12.9.